The lowest BCUT2D eigenvalue weighted by atomic mass is 10.1. The monoisotopic (exact) mass is 392 g/mol. The zero-order chi connectivity index (χ0) is 18.8. The molecule has 0 spiro atoms. The number of benzene rings is 1. The summed E-state index contributed by atoms with van der Waals surface area (Å²) in [5, 5.41) is 4.56. The first-order chi connectivity index (χ1) is 12.5. The Kier molecular flexibility index (Phi) is 5.68. The maximum absolute atomic E-state index is 11.9. The number of rotatable bonds is 6. The molecule has 2 heterocycles. The molecule has 5 nitrogen and oxygen atoms in total. The van der Waals surface area contributed by atoms with Gasteiger partial charge in [-0.05, 0) is 43.9 Å². The van der Waals surface area contributed by atoms with E-state index in [0.717, 1.165) is 36.8 Å². The summed E-state index contributed by atoms with van der Waals surface area (Å²) in [6.07, 6.45) is 3.52. The number of aldehydes is 1. The van der Waals surface area contributed by atoms with Crippen molar-refractivity contribution < 1.29 is 4.79 Å². The number of fused-ring (bicyclic) bond motifs is 1. The van der Waals surface area contributed by atoms with Crippen LogP contribution >= 0.6 is 23.2 Å². The molecular weight excluding hydrogens is 371 g/mol. The third-order valence-electron chi connectivity index (χ3n) is 4.72. The summed E-state index contributed by atoms with van der Waals surface area (Å²) in [7, 11) is 0. The van der Waals surface area contributed by atoms with Crippen LogP contribution in [0.15, 0.2) is 12.1 Å². The molecule has 0 saturated carbocycles. The van der Waals surface area contributed by atoms with E-state index in [0.29, 0.717) is 39.6 Å². The van der Waals surface area contributed by atoms with Crippen LogP contribution in [0.1, 0.15) is 48.4 Å². The molecule has 0 unspecified atom stereocenters. The Hall–Kier alpha value is -1.85. The molecule has 1 aromatic carbocycles. The van der Waals surface area contributed by atoms with Crippen molar-refractivity contribution in [3.63, 3.8) is 0 Å². The molecule has 0 bridgehead atoms. The highest BCUT2D eigenvalue weighted by molar-refractivity contribution is 6.37. The standard InChI is InChI=1S/C19H22Cl2N4O/c1-4-14(5-2)24-18-15(10-26)19(23-11(3)22-18)25-7-6-12-8-13(20)9-16(21)17(12)25/h8-10,14H,4-7H2,1-3H3,(H,22,23,24). The van der Waals surface area contributed by atoms with Crippen molar-refractivity contribution in [3.8, 4) is 0 Å². The predicted octanol–water partition coefficient (Wildman–Crippen LogP) is 5.20. The number of anilines is 3. The fraction of sp³-hybridized carbons (Fsp3) is 0.421. The highest BCUT2D eigenvalue weighted by Crippen LogP contribution is 2.42. The molecule has 1 N–H and O–H groups in total. The van der Waals surface area contributed by atoms with Crippen molar-refractivity contribution in [2.45, 2.75) is 46.1 Å². The van der Waals surface area contributed by atoms with E-state index in [4.69, 9.17) is 23.2 Å². The second kappa shape index (κ2) is 7.80. The Morgan fingerprint density at radius 1 is 1.27 bits per heavy atom. The average molecular weight is 393 g/mol. The third-order valence-corrected chi connectivity index (χ3v) is 5.23. The van der Waals surface area contributed by atoms with Gasteiger partial charge in [-0.1, -0.05) is 37.0 Å². The first kappa shape index (κ1) is 18.9. The molecule has 2 aromatic rings. The summed E-state index contributed by atoms with van der Waals surface area (Å²) < 4.78 is 0. The quantitative estimate of drug-likeness (QED) is 0.684. The van der Waals surface area contributed by atoms with Crippen molar-refractivity contribution in [1.29, 1.82) is 0 Å². The van der Waals surface area contributed by atoms with Crippen LogP contribution in [-0.2, 0) is 6.42 Å². The van der Waals surface area contributed by atoms with E-state index in [9.17, 15) is 4.79 Å². The van der Waals surface area contributed by atoms with Crippen molar-refractivity contribution in [2.75, 3.05) is 16.8 Å². The van der Waals surface area contributed by atoms with Crippen LogP contribution in [0.4, 0.5) is 17.3 Å². The van der Waals surface area contributed by atoms with E-state index in [1.54, 1.807) is 6.07 Å². The minimum absolute atomic E-state index is 0.254. The average Bonchev–Trinajstić information content (AvgIpc) is 3.03. The fourth-order valence-corrected chi connectivity index (χ4v) is 3.98. The summed E-state index contributed by atoms with van der Waals surface area (Å²) in [5.41, 5.74) is 2.39. The summed E-state index contributed by atoms with van der Waals surface area (Å²) in [6.45, 7) is 6.74. The van der Waals surface area contributed by atoms with Crippen LogP contribution in [0.25, 0.3) is 0 Å². The lowest BCUT2D eigenvalue weighted by Gasteiger charge is -2.24. The largest absolute Gasteiger partial charge is 0.367 e. The van der Waals surface area contributed by atoms with Gasteiger partial charge in [-0.3, -0.25) is 4.79 Å². The summed E-state index contributed by atoms with van der Waals surface area (Å²) >= 11 is 12.6. The van der Waals surface area contributed by atoms with Gasteiger partial charge in [0.2, 0.25) is 0 Å². The molecule has 1 aromatic heterocycles. The van der Waals surface area contributed by atoms with E-state index in [1.807, 2.05) is 17.9 Å². The molecule has 0 radical (unpaired) electrons. The Balaban J connectivity index is 2.10. The van der Waals surface area contributed by atoms with E-state index >= 15 is 0 Å². The van der Waals surface area contributed by atoms with Gasteiger partial charge in [-0.2, -0.15) is 0 Å². The van der Waals surface area contributed by atoms with E-state index in [-0.39, 0.29) is 6.04 Å². The Morgan fingerprint density at radius 2 is 2.00 bits per heavy atom. The summed E-state index contributed by atoms with van der Waals surface area (Å²) in [6, 6.07) is 3.89. The van der Waals surface area contributed by atoms with E-state index in [2.05, 4.69) is 29.1 Å². The highest BCUT2D eigenvalue weighted by atomic mass is 35.5. The Labute approximate surface area is 163 Å². The van der Waals surface area contributed by atoms with Gasteiger partial charge < -0.3 is 10.2 Å². The summed E-state index contributed by atoms with van der Waals surface area (Å²) in [5.74, 6) is 1.77. The van der Waals surface area contributed by atoms with Gasteiger partial charge in [-0.25, -0.2) is 9.97 Å². The maximum atomic E-state index is 11.9. The number of carbonyl (C=O) groups is 1. The van der Waals surface area contributed by atoms with Crippen LogP contribution in [0, 0.1) is 6.92 Å². The molecule has 138 valence electrons. The molecule has 0 amide bonds. The zero-order valence-electron chi connectivity index (χ0n) is 15.1. The van der Waals surface area contributed by atoms with Crippen molar-refractivity contribution in [1.82, 2.24) is 9.97 Å². The lowest BCUT2D eigenvalue weighted by molar-refractivity contribution is 0.112. The minimum atomic E-state index is 0.254. The molecule has 0 aliphatic carbocycles. The number of nitrogens with one attached hydrogen (secondary N) is 1. The molecular formula is C19H22Cl2N4O. The van der Waals surface area contributed by atoms with Gasteiger partial charge in [0.15, 0.2) is 6.29 Å². The van der Waals surface area contributed by atoms with Gasteiger partial charge in [0.1, 0.15) is 17.5 Å². The van der Waals surface area contributed by atoms with Gasteiger partial charge >= 0.3 is 0 Å². The predicted molar refractivity (Wildman–Crippen MR) is 107 cm³/mol. The number of carbonyl (C=O) groups excluding carboxylic acids is 1. The molecule has 1 aliphatic heterocycles. The molecule has 0 saturated heterocycles. The van der Waals surface area contributed by atoms with Crippen molar-refractivity contribution in [3.05, 3.63) is 39.1 Å². The highest BCUT2D eigenvalue weighted by Gasteiger charge is 2.28. The SMILES string of the molecule is CCC(CC)Nc1nc(C)nc(N2CCc3cc(Cl)cc(Cl)c32)c1C=O. The molecule has 26 heavy (non-hydrogen) atoms. The number of aryl methyl sites for hydroxylation is 1. The van der Waals surface area contributed by atoms with Crippen LogP contribution in [0.5, 0.6) is 0 Å². The van der Waals surface area contributed by atoms with Gasteiger partial charge in [0.05, 0.1) is 16.3 Å². The third kappa shape index (κ3) is 3.51. The molecule has 3 rings (SSSR count). The molecule has 0 atom stereocenters. The van der Waals surface area contributed by atoms with Crippen LogP contribution in [-0.4, -0.2) is 28.8 Å². The second-order valence-corrected chi connectivity index (χ2v) is 7.27. The number of aromatic nitrogens is 2. The number of hydrogen-bond donors (Lipinski definition) is 1. The van der Waals surface area contributed by atoms with Crippen molar-refractivity contribution in [2.24, 2.45) is 0 Å². The first-order valence-corrected chi connectivity index (χ1v) is 9.59. The van der Waals surface area contributed by atoms with Gasteiger partial charge in [0, 0.05) is 17.6 Å². The smallest absolute Gasteiger partial charge is 0.157 e. The topological polar surface area (TPSA) is 58.1 Å². The molecule has 0 fully saturated rings. The van der Waals surface area contributed by atoms with Crippen molar-refractivity contribution >= 4 is 46.8 Å². The Bertz CT molecular complexity index is 837. The Morgan fingerprint density at radius 3 is 2.65 bits per heavy atom. The molecule has 7 heteroatoms. The molecule has 1 aliphatic rings. The first-order valence-electron chi connectivity index (χ1n) is 8.84. The van der Waals surface area contributed by atoms with Crippen LogP contribution < -0.4 is 10.2 Å². The number of halogens is 2. The van der Waals surface area contributed by atoms with E-state index in [1.165, 1.54) is 0 Å². The summed E-state index contributed by atoms with van der Waals surface area (Å²) in [4.78, 5) is 22.9. The zero-order valence-corrected chi connectivity index (χ0v) is 16.7. The maximum Gasteiger partial charge on any atom is 0.157 e. The lowest BCUT2D eigenvalue weighted by Crippen LogP contribution is -2.23. The van der Waals surface area contributed by atoms with Crippen LogP contribution in [0.3, 0.4) is 0 Å². The van der Waals surface area contributed by atoms with Gasteiger partial charge in [-0.15, -0.1) is 0 Å². The second-order valence-electron chi connectivity index (χ2n) is 6.43. The van der Waals surface area contributed by atoms with Crippen LogP contribution in [0.2, 0.25) is 10.0 Å². The number of nitrogens with zero attached hydrogens (tertiary/aromatic N) is 3. The van der Waals surface area contributed by atoms with Gasteiger partial charge in [0.25, 0.3) is 0 Å². The van der Waals surface area contributed by atoms with E-state index < -0.39 is 0 Å². The number of hydrogen-bond acceptors (Lipinski definition) is 5. The normalized spacial score (nSPS) is 13.2. The minimum Gasteiger partial charge on any atom is -0.367 e. The fourth-order valence-electron chi connectivity index (χ4n) is 3.34.